The molecule has 0 fully saturated rings. The highest BCUT2D eigenvalue weighted by Crippen LogP contribution is 2.30. The van der Waals surface area contributed by atoms with Crippen molar-refractivity contribution < 1.29 is 28.5 Å². The molecule has 51 heavy (non-hydrogen) atoms. The third-order valence-corrected chi connectivity index (χ3v) is 7.97. The zero-order chi connectivity index (χ0) is 36.0. The van der Waals surface area contributed by atoms with Gasteiger partial charge in [0, 0.05) is 0 Å². The van der Waals surface area contributed by atoms with Gasteiger partial charge in [0.05, 0.1) is 37.7 Å². The van der Waals surface area contributed by atoms with Crippen molar-refractivity contribution in [1.82, 2.24) is 20.8 Å². The second-order valence-corrected chi connectivity index (χ2v) is 11.7. The maximum absolute atomic E-state index is 12.5. The molecule has 262 valence electrons. The summed E-state index contributed by atoms with van der Waals surface area (Å²) in [7, 11) is 3.12. The van der Waals surface area contributed by atoms with Gasteiger partial charge >= 0.3 is 0 Å². The molecule has 0 bridgehead atoms. The van der Waals surface area contributed by atoms with Gasteiger partial charge in [-0.1, -0.05) is 84.9 Å². The topological polar surface area (TPSA) is 124 Å². The molecule has 0 saturated carbocycles. The first-order chi connectivity index (χ1) is 24.8. The molecule has 10 heteroatoms. The number of benzene rings is 4. The van der Waals surface area contributed by atoms with Crippen molar-refractivity contribution >= 4 is 36.1 Å². The van der Waals surface area contributed by atoms with Crippen LogP contribution in [0, 0.1) is 0 Å². The van der Waals surface area contributed by atoms with Gasteiger partial charge in [0.15, 0.2) is 36.2 Å². The fourth-order valence-electron chi connectivity index (χ4n) is 5.21. The summed E-state index contributed by atoms with van der Waals surface area (Å²) in [6, 6.07) is 32.2. The van der Waals surface area contributed by atoms with Crippen LogP contribution in [0.1, 0.15) is 59.6 Å². The number of H-pyrrole nitrogens is 1. The Kier molecular flexibility index (Phi) is 12.6. The molecule has 0 aliphatic carbocycles. The Balaban J connectivity index is 1.12. The number of rotatable bonds is 16. The predicted molar refractivity (Wildman–Crippen MR) is 199 cm³/mol. The van der Waals surface area contributed by atoms with E-state index in [0.29, 0.717) is 23.0 Å². The van der Waals surface area contributed by atoms with Crippen LogP contribution in [0.5, 0.6) is 23.0 Å². The number of aromatic nitrogens is 2. The minimum Gasteiger partial charge on any atom is -0.493 e. The van der Waals surface area contributed by atoms with E-state index in [4.69, 9.17) is 18.9 Å². The van der Waals surface area contributed by atoms with Crippen LogP contribution in [0.3, 0.4) is 0 Å². The molecule has 0 spiro atoms. The Morgan fingerprint density at radius 2 is 1.10 bits per heavy atom. The van der Waals surface area contributed by atoms with Crippen LogP contribution in [0.15, 0.2) is 103 Å². The van der Waals surface area contributed by atoms with Gasteiger partial charge in [-0.3, -0.25) is 14.7 Å². The van der Waals surface area contributed by atoms with E-state index in [0.717, 1.165) is 33.6 Å². The van der Waals surface area contributed by atoms with Gasteiger partial charge in [-0.2, -0.15) is 5.10 Å². The second-order valence-electron chi connectivity index (χ2n) is 11.7. The number of hydrogen-bond donors (Lipinski definition) is 3. The van der Waals surface area contributed by atoms with Crippen molar-refractivity contribution in [2.75, 3.05) is 27.4 Å². The van der Waals surface area contributed by atoms with Crippen molar-refractivity contribution in [3.05, 3.63) is 137 Å². The quantitative estimate of drug-likeness (QED) is 0.0997. The maximum Gasteiger partial charge on any atom is 0.258 e. The van der Waals surface area contributed by atoms with Crippen LogP contribution in [-0.4, -0.2) is 49.4 Å². The van der Waals surface area contributed by atoms with Crippen molar-refractivity contribution in [1.29, 1.82) is 0 Å². The van der Waals surface area contributed by atoms with Crippen LogP contribution in [-0.2, 0) is 9.59 Å². The number of nitrogens with one attached hydrogen (secondary N) is 3. The highest BCUT2D eigenvalue weighted by molar-refractivity contribution is 5.79. The average Bonchev–Trinajstić information content (AvgIpc) is 3.63. The summed E-state index contributed by atoms with van der Waals surface area (Å²) in [6.07, 6.45) is 7.63. The average molecular weight is 687 g/mol. The van der Waals surface area contributed by atoms with E-state index < -0.39 is 0 Å². The van der Waals surface area contributed by atoms with Crippen molar-refractivity contribution in [2.24, 2.45) is 0 Å². The summed E-state index contributed by atoms with van der Waals surface area (Å²) < 4.78 is 22.6. The Morgan fingerprint density at radius 1 is 0.627 bits per heavy atom. The first-order valence-corrected chi connectivity index (χ1v) is 16.5. The van der Waals surface area contributed by atoms with Crippen LogP contribution in [0.4, 0.5) is 0 Å². The number of nitrogens with zero attached hydrogens (tertiary/aromatic N) is 1. The second kappa shape index (κ2) is 17.9. The molecule has 0 aliphatic heterocycles. The Hall–Kier alpha value is -6.29. The first kappa shape index (κ1) is 36.0. The molecular formula is C41H42N4O6. The van der Waals surface area contributed by atoms with E-state index in [2.05, 4.69) is 20.8 Å². The van der Waals surface area contributed by atoms with Crippen molar-refractivity contribution in [3.8, 4) is 23.0 Å². The summed E-state index contributed by atoms with van der Waals surface area (Å²) in [5, 5.41) is 13.3. The normalized spacial score (nSPS) is 12.3. The standard InChI is InChI=1S/C41H42N4O6/c1-28(32-11-7-5-8-12-32)42-40(46)26-50-36-21-17-30(23-38(36)48-3)15-19-34-25-35(45-44-34)20-16-31-18-22-37(39(24-31)49-4)51-27-41(47)43-29(2)33-13-9-6-10-14-33/h5-25,28-29H,26-27H2,1-4H3,(H,42,46)(H,43,47)(H,44,45)/b19-15+,20-16+/t28-,29-/m1/s1. The van der Waals surface area contributed by atoms with E-state index >= 15 is 0 Å². The zero-order valence-electron chi connectivity index (χ0n) is 29.1. The Labute approximate surface area is 298 Å². The van der Waals surface area contributed by atoms with Crippen LogP contribution in [0.2, 0.25) is 0 Å². The third-order valence-electron chi connectivity index (χ3n) is 7.97. The lowest BCUT2D eigenvalue weighted by Crippen LogP contribution is -2.31. The molecule has 2 atom stereocenters. The molecule has 5 aromatic rings. The van der Waals surface area contributed by atoms with E-state index in [-0.39, 0.29) is 37.1 Å². The lowest BCUT2D eigenvalue weighted by molar-refractivity contribution is -0.124. The van der Waals surface area contributed by atoms with Crippen molar-refractivity contribution in [3.63, 3.8) is 0 Å². The summed E-state index contributed by atoms with van der Waals surface area (Å²) in [6.45, 7) is 3.59. The molecule has 1 aromatic heterocycles. The number of carbonyl (C=O) groups excluding carboxylic acids is 2. The Morgan fingerprint density at radius 3 is 1.57 bits per heavy atom. The minimum absolute atomic E-state index is 0.132. The van der Waals surface area contributed by atoms with E-state index in [1.54, 1.807) is 26.4 Å². The summed E-state index contributed by atoms with van der Waals surface area (Å²) in [4.78, 5) is 25.0. The molecule has 2 amide bonds. The molecular weight excluding hydrogens is 644 g/mol. The SMILES string of the molecule is COc1cc(/C=C/c2cc(/C=C/c3ccc(OCC(=O)N[C@H](C)c4ccccc4)c(OC)c3)[nH]n2)ccc1OCC(=O)N[C@H](C)c1ccccc1. The van der Waals surface area contributed by atoms with E-state index in [1.165, 1.54) is 0 Å². The van der Waals surface area contributed by atoms with Gasteiger partial charge in [-0.15, -0.1) is 0 Å². The summed E-state index contributed by atoms with van der Waals surface area (Å²) in [5.74, 6) is 1.52. The predicted octanol–water partition coefficient (Wildman–Crippen LogP) is 7.28. The number of methoxy groups -OCH3 is 2. The fraction of sp³-hybridized carbons (Fsp3) is 0.195. The molecule has 3 N–H and O–H groups in total. The largest absolute Gasteiger partial charge is 0.493 e. The molecule has 0 aliphatic rings. The molecule has 5 rings (SSSR count). The number of carbonyl (C=O) groups is 2. The zero-order valence-corrected chi connectivity index (χ0v) is 29.1. The minimum atomic E-state index is -0.225. The maximum atomic E-state index is 12.5. The first-order valence-electron chi connectivity index (χ1n) is 16.5. The number of hydrogen-bond acceptors (Lipinski definition) is 7. The molecule has 10 nitrogen and oxygen atoms in total. The van der Waals surface area contributed by atoms with Crippen LogP contribution < -0.4 is 29.6 Å². The summed E-state index contributed by atoms with van der Waals surface area (Å²) in [5.41, 5.74) is 5.33. The third kappa shape index (κ3) is 10.6. The molecule has 1 heterocycles. The smallest absolute Gasteiger partial charge is 0.258 e. The van der Waals surface area contributed by atoms with Gasteiger partial charge in [0.25, 0.3) is 11.8 Å². The lowest BCUT2D eigenvalue weighted by Gasteiger charge is -2.15. The Bertz CT molecular complexity index is 1820. The van der Waals surface area contributed by atoms with Crippen molar-refractivity contribution in [2.45, 2.75) is 25.9 Å². The number of aromatic amines is 1. The van der Waals surface area contributed by atoms with Gasteiger partial charge in [0.1, 0.15) is 0 Å². The molecule has 0 saturated heterocycles. The number of ether oxygens (including phenoxy) is 4. The van der Waals surface area contributed by atoms with Gasteiger partial charge in [-0.25, -0.2) is 0 Å². The molecule has 0 unspecified atom stereocenters. The monoisotopic (exact) mass is 686 g/mol. The number of amides is 2. The van der Waals surface area contributed by atoms with Crippen LogP contribution in [0.25, 0.3) is 24.3 Å². The van der Waals surface area contributed by atoms with Crippen LogP contribution >= 0.6 is 0 Å². The van der Waals surface area contributed by atoms with Gasteiger partial charge < -0.3 is 29.6 Å². The molecule has 4 aromatic carbocycles. The highest BCUT2D eigenvalue weighted by atomic mass is 16.5. The van der Waals surface area contributed by atoms with E-state index in [1.807, 2.05) is 129 Å². The highest BCUT2D eigenvalue weighted by Gasteiger charge is 2.13. The fourth-order valence-corrected chi connectivity index (χ4v) is 5.21. The van der Waals surface area contributed by atoms with E-state index in [9.17, 15) is 9.59 Å². The summed E-state index contributed by atoms with van der Waals surface area (Å²) >= 11 is 0. The van der Waals surface area contributed by atoms with Gasteiger partial charge in [0.2, 0.25) is 0 Å². The lowest BCUT2D eigenvalue weighted by atomic mass is 10.1. The van der Waals surface area contributed by atoms with Gasteiger partial charge in [-0.05, 0) is 78.6 Å². The molecule has 0 radical (unpaired) electrons.